The molecular formula is C26H30N4O4S2. The Morgan fingerprint density at radius 2 is 1.83 bits per heavy atom. The number of hydrogen-bond acceptors (Lipinski definition) is 5. The van der Waals surface area contributed by atoms with Crippen LogP contribution in [0.3, 0.4) is 0 Å². The molecule has 0 radical (unpaired) electrons. The Morgan fingerprint density at radius 1 is 1.14 bits per heavy atom. The lowest BCUT2D eigenvalue weighted by atomic mass is 10.0. The molecule has 2 aromatic carbocycles. The van der Waals surface area contributed by atoms with Crippen molar-refractivity contribution in [3.8, 4) is 11.1 Å². The van der Waals surface area contributed by atoms with Crippen molar-refractivity contribution in [2.45, 2.75) is 44.6 Å². The molecule has 1 aromatic heterocycles. The average Bonchev–Trinajstić information content (AvgIpc) is 3.16. The number of carbonyl (C=O) groups is 2. The largest absolute Gasteiger partial charge is 0.334 e. The lowest BCUT2D eigenvalue weighted by Gasteiger charge is -2.14. The number of thiol groups is 1. The Hall–Kier alpha value is -3.37. The van der Waals surface area contributed by atoms with Gasteiger partial charge in [-0.3, -0.25) is 4.79 Å². The fourth-order valence-electron chi connectivity index (χ4n) is 3.89. The van der Waals surface area contributed by atoms with Crippen LogP contribution >= 0.6 is 12.6 Å². The van der Waals surface area contributed by atoms with Gasteiger partial charge in [-0.05, 0) is 30.5 Å². The van der Waals surface area contributed by atoms with E-state index >= 15 is 0 Å². The van der Waals surface area contributed by atoms with Crippen LogP contribution < -0.4 is 10.0 Å². The van der Waals surface area contributed by atoms with Crippen LogP contribution in [-0.2, 0) is 23.0 Å². The molecule has 0 saturated heterocycles. The van der Waals surface area contributed by atoms with E-state index in [2.05, 4.69) is 36.4 Å². The second kappa shape index (κ2) is 12.0. The minimum atomic E-state index is -4.11. The summed E-state index contributed by atoms with van der Waals surface area (Å²) in [4.78, 5) is 28.7. The molecule has 8 nitrogen and oxygen atoms in total. The third kappa shape index (κ3) is 6.44. The summed E-state index contributed by atoms with van der Waals surface area (Å²) in [7, 11) is -4.11. The molecule has 0 fully saturated rings. The van der Waals surface area contributed by atoms with E-state index in [1.165, 1.54) is 12.1 Å². The minimum absolute atomic E-state index is 0.0125. The Morgan fingerprint density at radius 3 is 2.47 bits per heavy atom. The average molecular weight is 527 g/mol. The van der Waals surface area contributed by atoms with E-state index in [-0.39, 0.29) is 16.6 Å². The fourth-order valence-corrected chi connectivity index (χ4v) is 5.33. The van der Waals surface area contributed by atoms with Crippen molar-refractivity contribution in [3.05, 3.63) is 84.0 Å². The number of hydrogen-bond donors (Lipinski definition) is 3. The summed E-state index contributed by atoms with van der Waals surface area (Å²) >= 11 is 4.05. The van der Waals surface area contributed by atoms with Gasteiger partial charge in [0.05, 0.1) is 10.6 Å². The quantitative estimate of drug-likeness (QED) is 0.252. The van der Waals surface area contributed by atoms with Crippen molar-refractivity contribution in [2.24, 2.45) is 0 Å². The second-order valence-corrected chi connectivity index (χ2v) is 10.3. The minimum Gasteiger partial charge on any atom is -0.334 e. The number of urea groups is 1. The van der Waals surface area contributed by atoms with Crippen LogP contribution in [0.5, 0.6) is 0 Å². The van der Waals surface area contributed by atoms with Gasteiger partial charge in [-0.2, -0.15) is 0 Å². The Balaban J connectivity index is 1.90. The third-order valence-corrected chi connectivity index (χ3v) is 7.19. The second-order valence-electron chi connectivity index (χ2n) is 8.25. The number of sulfonamides is 1. The van der Waals surface area contributed by atoms with Crippen LogP contribution in [-0.4, -0.2) is 35.7 Å². The van der Waals surface area contributed by atoms with Crippen molar-refractivity contribution in [1.29, 1.82) is 0 Å². The number of aromatic nitrogens is 2. The number of carbonyl (C=O) groups excluding carboxylic acids is 2. The van der Waals surface area contributed by atoms with Crippen molar-refractivity contribution in [3.63, 3.8) is 0 Å². The third-order valence-electron chi connectivity index (χ3n) is 5.59. The number of aryl methyl sites for hydroxylation is 2. The lowest BCUT2D eigenvalue weighted by molar-refractivity contribution is 0.108. The maximum absolute atomic E-state index is 12.9. The molecule has 0 saturated carbocycles. The van der Waals surface area contributed by atoms with Gasteiger partial charge >= 0.3 is 6.03 Å². The van der Waals surface area contributed by atoms with Crippen LogP contribution in [0.1, 0.15) is 47.3 Å². The molecule has 0 spiro atoms. The summed E-state index contributed by atoms with van der Waals surface area (Å²) in [6.07, 6.45) is 4.18. The highest BCUT2D eigenvalue weighted by Crippen LogP contribution is 2.28. The first kappa shape index (κ1) is 27.2. The number of nitrogens with zero attached hydrogens (tertiary/aromatic N) is 2. The summed E-state index contributed by atoms with van der Waals surface area (Å²) < 4.78 is 29.7. The maximum atomic E-state index is 12.9. The van der Waals surface area contributed by atoms with E-state index in [0.717, 1.165) is 30.7 Å². The highest BCUT2D eigenvalue weighted by Gasteiger charge is 2.22. The van der Waals surface area contributed by atoms with E-state index in [1.807, 2.05) is 40.5 Å². The Labute approximate surface area is 217 Å². The molecule has 2 N–H and O–H groups in total. The predicted molar refractivity (Wildman–Crippen MR) is 144 cm³/mol. The van der Waals surface area contributed by atoms with E-state index in [1.54, 1.807) is 18.2 Å². The fraction of sp³-hybridized carbons (Fsp3) is 0.269. The molecule has 10 heteroatoms. The van der Waals surface area contributed by atoms with E-state index in [0.29, 0.717) is 29.1 Å². The number of rotatable bonds is 11. The molecule has 0 bridgehead atoms. The zero-order valence-corrected chi connectivity index (χ0v) is 22.0. The van der Waals surface area contributed by atoms with Crippen molar-refractivity contribution in [1.82, 2.24) is 19.6 Å². The smallest absolute Gasteiger partial charge is 0.328 e. The van der Waals surface area contributed by atoms with Crippen LogP contribution in [0.25, 0.3) is 11.1 Å². The molecule has 1 heterocycles. The summed E-state index contributed by atoms with van der Waals surface area (Å²) in [6.45, 7) is 7.98. The summed E-state index contributed by atoms with van der Waals surface area (Å²) in [5.74, 6) is 0.841. The SMILES string of the molecule is C=CCNC(=O)NS(=O)(=O)c1ccccc1-c1ccc(Cn2c(CCCC)nc(C)c2C(=O)S)cc1. The zero-order chi connectivity index (χ0) is 26.3. The molecule has 0 atom stereocenters. The topological polar surface area (TPSA) is 110 Å². The van der Waals surface area contributed by atoms with Gasteiger partial charge < -0.3 is 9.88 Å². The molecule has 3 aromatic rings. The van der Waals surface area contributed by atoms with E-state index in [9.17, 15) is 18.0 Å². The summed E-state index contributed by atoms with van der Waals surface area (Å²) in [5, 5.41) is 2.06. The Kier molecular flexibility index (Phi) is 9.11. The maximum Gasteiger partial charge on any atom is 0.328 e. The van der Waals surface area contributed by atoms with Gasteiger partial charge in [0.1, 0.15) is 11.5 Å². The molecule has 3 rings (SSSR count). The predicted octanol–water partition coefficient (Wildman–Crippen LogP) is 4.49. The van der Waals surface area contributed by atoms with Crippen LogP contribution in [0.15, 0.2) is 66.1 Å². The number of nitrogens with one attached hydrogen (secondary N) is 2. The molecule has 0 aliphatic rings. The van der Waals surface area contributed by atoms with Gasteiger partial charge in [0, 0.05) is 25.1 Å². The standard InChI is InChI=1S/C26H30N4O4S2/c1-4-6-11-23-28-18(3)24(25(31)35)30(23)17-19-12-14-20(15-13-19)21-9-7-8-10-22(21)36(33,34)29-26(32)27-16-5-2/h5,7-10,12-15H,2,4,6,11,16-17H2,1,3H3,(H,31,35)(H2,27,29,32). The van der Waals surface area contributed by atoms with Gasteiger partial charge in [-0.1, -0.05) is 74.5 Å². The molecule has 2 amide bonds. The van der Waals surface area contributed by atoms with Crippen molar-refractivity contribution >= 4 is 33.8 Å². The molecule has 36 heavy (non-hydrogen) atoms. The molecular weight excluding hydrogens is 496 g/mol. The van der Waals surface area contributed by atoms with E-state index < -0.39 is 16.1 Å². The first-order valence-electron chi connectivity index (χ1n) is 11.6. The highest BCUT2D eigenvalue weighted by atomic mass is 32.2. The molecule has 0 aliphatic heterocycles. The number of imidazole rings is 1. The van der Waals surface area contributed by atoms with Crippen LogP contribution in [0.2, 0.25) is 0 Å². The summed E-state index contributed by atoms with van der Waals surface area (Å²) in [6, 6.07) is 13.0. The van der Waals surface area contributed by atoms with Gasteiger partial charge in [0.2, 0.25) is 5.12 Å². The molecule has 0 unspecified atom stereocenters. The molecule has 190 valence electrons. The number of amides is 2. The van der Waals surface area contributed by atoms with Gasteiger partial charge in [-0.15, -0.1) is 6.58 Å². The zero-order valence-electron chi connectivity index (χ0n) is 20.3. The first-order chi connectivity index (χ1) is 17.2. The van der Waals surface area contributed by atoms with E-state index in [4.69, 9.17) is 0 Å². The van der Waals surface area contributed by atoms with Gasteiger partial charge in [-0.25, -0.2) is 22.9 Å². The van der Waals surface area contributed by atoms with Crippen molar-refractivity contribution in [2.75, 3.05) is 6.54 Å². The molecule has 0 aliphatic carbocycles. The van der Waals surface area contributed by atoms with Gasteiger partial charge in [0.15, 0.2) is 0 Å². The number of benzene rings is 2. The lowest BCUT2D eigenvalue weighted by Crippen LogP contribution is -2.39. The monoisotopic (exact) mass is 526 g/mol. The van der Waals surface area contributed by atoms with Crippen LogP contribution in [0.4, 0.5) is 4.79 Å². The van der Waals surface area contributed by atoms with Crippen molar-refractivity contribution < 1.29 is 18.0 Å². The normalized spacial score (nSPS) is 11.2. The van der Waals surface area contributed by atoms with Crippen LogP contribution in [0, 0.1) is 6.92 Å². The summed E-state index contributed by atoms with van der Waals surface area (Å²) in [5.41, 5.74) is 3.19. The number of unbranched alkanes of at least 4 members (excludes halogenated alkanes) is 1. The van der Waals surface area contributed by atoms with Gasteiger partial charge in [0.25, 0.3) is 10.0 Å². The highest BCUT2D eigenvalue weighted by molar-refractivity contribution is 7.97. The Bertz CT molecular complexity index is 1360. The first-order valence-corrected chi connectivity index (χ1v) is 13.5.